The van der Waals surface area contributed by atoms with E-state index in [9.17, 15) is 4.79 Å². The number of ether oxygens (including phenoxy) is 1. The normalized spacial score (nSPS) is 13.8. The largest absolute Gasteiger partial charge is 0.497 e. The Balaban J connectivity index is 1.51. The molecule has 1 heterocycles. The number of hydrogen-bond donors (Lipinski definition) is 1. The number of amides is 1. The van der Waals surface area contributed by atoms with Gasteiger partial charge in [-0.3, -0.25) is 9.69 Å². The molecule has 1 aliphatic heterocycles. The van der Waals surface area contributed by atoms with Gasteiger partial charge < -0.3 is 15.0 Å². The van der Waals surface area contributed by atoms with E-state index in [0.29, 0.717) is 6.54 Å². The molecule has 3 rings (SSSR count). The molecule has 0 saturated carbocycles. The highest BCUT2D eigenvalue weighted by atomic mass is 16.5. The molecule has 1 aliphatic rings. The van der Waals surface area contributed by atoms with Crippen molar-refractivity contribution in [2.75, 3.05) is 43.5 Å². The molecule has 0 bridgehead atoms. The van der Waals surface area contributed by atoms with Gasteiger partial charge in [-0.25, -0.2) is 0 Å². The Labute approximate surface area is 161 Å². The van der Waals surface area contributed by atoms with Crippen LogP contribution in [0.5, 0.6) is 5.75 Å². The van der Waals surface area contributed by atoms with Crippen molar-refractivity contribution in [2.45, 2.75) is 26.3 Å². The number of carbonyl (C=O) groups excluding carboxylic acids is 1. The molecule has 1 amide bonds. The van der Waals surface area contributed by atoms with E-state index in [-0.39, 0.29) is 5.91 Å². The SMILES string of the molecule is CCN(CC(=O)Nc1ccc(N2CCCC2)cc1)Cc1ccc(OC)cc1. The van der Waals surface area contributed by atoms with Crippen molar-refractivity contribution in [2.24, 2.45) is 0 Å². The van der Waals surface area contributed by atoms with Crippen molar-refractivity contribution >= 4 is 17.3 Å². The van der Waals surface area contributed by atoms with E-state index in [1.165, 1.54) is 24.1 Å². The van der Waals surface area contributed by atoms with E-state index in [1.54, 1.807) is 7.11 Å². The van der Waals surface area contributed by atoms with E-state index < -0.39 is 0 Å². The second-order valence-electron chi connectivity index (χ2n) is 6.94. The summed E-state index contributed by atoms with van der Waals surface area (Å²) in [7, 11) is 1.66. The third-order valence-corrected chi connectivity index (χ3v) is 5.00. The first-order valence-electron chi connectivity index (χ1n) is 9.68. The summed E-state index contributed by atoms with van der Waals surface area (Å²) in [5, 5.41) is 3.01. The molecule has 0 aliphatic carbocycles. The van der Waals surface area contributed by atoms with Crippen molar-refractivity contribution in [1.29, 1.82) is 0 Å². The summed E-state index contributed by atoms with van der Waals surface area (Å²) < 4.78 is 5.19. The van der Waals surface area contributed by atoms with Crippen LogP contribution in [0.15, 0.2) is 48.5 Å². The van der Waals surface area contributed by atoms with Crippen LogP contribution in [0.25, 0.3) is 0 Å². The van der Waals surface area contributed by atoms with Crippen molar-refractivity contribution in [1.82, 2.24) is 4.90 Å². The highest BCUT2D eigenvalue weighted by Gasteiger charge is 2.13. The topological polar surface area (TPSA) is 44.8 Å². The number of anilines is 2. The first-order chi connectivity index (χ1) is 13.2. The number of nitrogens with one attached hydrogen (secondary N) is 1. The van der Waals surface area contributed by atoms with Crippen LogP contribution in [0, 0.1) is 0 Å². The zero-order valence-electron chi connectivity index (χ0n) is 16.3. The summed E-state index contributed by atoms with van der Waals surface area (Å²) in [5.41, 5.74) is 3.25. The van der Waals surface area contributed by atoms with Gasteiger partial charge in [0.05, 0.1) is 13.7 Å². The zero-order valence-corrected chi connectivity index (χ0v) is 16.3. The van der Waals surface area contributed by atoms with Gasteiger partial charge >= 0.3 is 0 Å². The lowest BCUT2D eigenvalue weighted by Gasteiger charge is -2.20. The molecule has 0 aromatic heterocycles. The molecule has 27 heavy (non-hydrogen) atoms. The molecular weight excluding hydrogens is 338 g/mol. The predicted octanol–water partition coefficient (Wildman–Crippen LogP) is 3.76. The lowest BCUT2D eigenvalue weighted by molar-refractivity contribution is -0.117. The number of rotatable bonds is 8. The summed E-state index contributed by atoms with van der Waals surface area (Å²) in [6.45, 7) is 6.25. The predicted molar refractivity (Wildman–Crippen MR) is 110 cm³/mol. The summed E-state index contributed by atoms with van der Waals surface area (Å²) in [5.74, 6) is 0.858. The van der Waals surface area contributed by atoms with Gasteiger partial charge in [0.15, 0.2) is 0 Å². The molecular formula is C22H29N3O2. The van der Waals surface area contributed by atoms with Gasteiger partial charge in [-0.2, -0.15) is 0 Å². The van der Waals surface area contributed by atoms with Crippen molar-refractivity contribution in [3.8, 4) is 5.75 Å². The smallest absolute Gasteiger partial charge is 0.238 e. The molecule has 0 spiro atoms. The third kappa shape index (κ3) is 5.47. The van der Waals surface area contributed by atoms with E-state index in [2.05, 4.69) is 34.2 Å². The molecule has 2 aromatic carbocycles. The number of likely N-dealkylation sites (N-methyl/N-ethyl adjacent to an activating group) is 1. The maximum atomic E-state index is 12.4. The molecule has 5 nitrogen and oxygen atoms in total. The average molecular weight is 367 g/mol. The standard InChI is InChI=1S/C22H29N3O2/c1-3-24(16-18-6-12-21(27-2)13-7-18)17-22(26)23-19-8-10-20(11-9-19)25-14-4-5-15-25/h6-13H,3-5,14-17H2,1-2H3,(H,23,26). The quantitative estimate of drug-likeness (QED) is 0.772. The monoisotopic (exact) mass is 367 g/mol. The molecule has 0 radical (unpaired) electrons. The Bertz CT molecular complexity index is 722. The Morgan fingerprint density at radius 3 is 2.33 bits per heavy atom. The third-order valence-electron chi connectivity index (χ3n) is 5.00. The van der Waals surface area contributed by atoms with Crippen LogP contribution < -0.4 is 15.0 Å². The van der Waals surface area contributed by atoms with Gasteiger partial charge in [-0.15, -0.1) is 0 Å². The molecule has 1 N–H and O–H groups in total. The van der Waals surface area contributed by atoms with E-state index in [0.717, 1.165) is 37.6 Å². The Morgan fingerprint density at radius 1 is 1.07 bits per heavy atom. The Hall–Kier alpha value is -2.53. The minimum absolute atomic E-state index is 0.0132. The summed E-state index contributed by atoms with van der Waals surface area (Å²) in [4.78, 5) is 16.9. The van der Waals surface area contributed by atoms with Gasteiger partial charge in [-0.05, 0) is 61.3 Å². The lowest BCUT2D eigenvalue weighted by Crippen LogP contribution is -2.32. The van der Waals surface area contributed by atoms with Crippen LogP contribution in [0.1, 0.15) is 25.3 Å². The number of benzene rings is 2. The fraction of sp³-hybridized carbons (Fsp3) is 0.409. The molecule has 5 heteroatoms. The van der Waals surface area contributed by atoms with Gasteiger partial charge in [0.2, 0.25) is 5.91 Å². The summed E-state index contributed by atoms with van der Waals surface area (Å²) >= 11 is 0. The summed E-state index contributed by atoms with van der Waals surface area (Å²) in [6, 6.07) is 16.1. The van der Waals surface area contributed by atoms with Crippen LogP contribution >= 0.6 is 0 Å². The molecule has 1 fully saturated rings. The first kappa shape index (κ1) is 19.2. The number of methoxy groups -OCH3 is 1. The molecule has 0 atom stereocenters. The maximum absolute atomic E-state index is 12.4. The molecule has 144 valence electrons. The minimum atomic E-state index is 0.0132. The first-order valence-corrected chi connectivity index (χ1v) is 9.68. The Kier molecular flexibility index (Phi) is 6.71. The van der Waals surface area contributed by atoms with E-state index in [1.807, 2.05) is 36.4 Å². The fourth-order valence-electron chi connectivity index (χ4n) is 3.40. The van der Waals surface area contributed by atoms with E-state index >= 15 is 0 Å². The zero-order chi connectivity index (χ0) is 19.1. The molecule has 2 aromatic rings. The minimum Gasteiger partial charge on any atom is -0.497 e. The van der Waals surface area contributed by atoms with Crippen molar-refractivity contribution in [3.63, 3.8) is 0 Å². The van der Waals surface area contributed by atoms with Crippen molar-refractivity contribution < 1.29 is 9.53 Å². The second kappa shape index (κ2) is 9.42. The lowest BCUT2D eigenvalue weighted by atomic mass is 10.2. The molecule has 0 unspecified atom stereocenters. The average Bonchev–Trinajstić information content (AvgIpc) is 3.23. The second-order valence-corrected chi connectivity index (χ2v) is 6.94. The summed E-state index contributed by atoms with van der Waals surface area (Å²) in [6.07, 6.45) is 2.53. The fourth-order valence-corrected chi connectivity index (χ4v) is 3.40. The van der Waals surface area contributed by atoms with Crippen LogP contribution in [0.4, 0.5) is 11.4 Å². The van der Waals surface area contributed by atoms with Crippen LogP contribution in [0.3, 0.4) is 0 Å². The highest BCUT2D eigenvalue weighted by molar-refractivity contribution is 5.92. The van der Waals surface area contributed by atoms with Gasteiger partial charge in [0.25, 0.3) is 0 Å². The van der Waals surface area contributed by atoms with Crippen LogP contribution in [-0.4, -0.2) is 44.1 Å². The van der Waals surface area contributed by atoms with Crippen LogP contribution in [0.2, 0.25) is 0 Å². The number of hydrogen-bond acceptors (Lipinski definition) is 4. The Morgan fingerprint density at radius 2 is 1.74 bits per heavy atom. The van der Waals surface area contributed by atoms with Crippen LogP contribution in [-0.2, 0) is 11.3 Å². The highest BCUT2D eigenvalue weighted by Crippen LogP contribution is 2.22. The number of nitrogens with zero attached hydrogens (tertiary/aromatic N) is 2. The van der Waals surface area contributed by atoms with Gasteiger partial charge in [0.1, 0.15) is 5.75 Å². The van der Waals surface area contributed by atoms with E-state index in [4.69, 9.17) is 4.74 Å². The molecule has 1 saturated heterocycles. The van der Waals surface area contributed by atoms with Gasteiger partial charge in [0, 0.05) is 31.0 Å². The maximum Gasteiger partial charge on any atom is 0.238 e. The van der Waals surface area contributed by atoms with Gasteiger partial charge in [-0.1, -0.05) is 19.1 Å². The van der Waals surface area contributed by atoms with Crippen molar-refractivity contribution in [3.05, 3.63) is 54.1 Å². The number of carbonyl (C=O) groups is 1.